The molecular weight excluding hydrogens is 370 g/mol. The van der Waals surface area contributed by atoms with Crippen LogP contribution in [0.3, 0.4) is 0 Å². The predicted octanol–water partition coefficient (Wildman–Crippen LogP) is 3.56. The molecule has 0 atom stereocenters. The summed E-state index contributed by atoms with van der Waals surface area (Å²) in [6.07, 6.45) is 1.02. The fraction of sp³-hybridized carbons (Fsp3) is 0.429. The summed E-state index contributed by atoms with van der Waals surface area (Å²) in [4.78, 5) is 36.2. The van der Waals surface area contributed by atoms with E-state index in [1.807, 2.05) is 13.8 Å². The number of hydrogen-bond donors (Lipinski definition) is 0. The van der Waals surface area contributed by atoms with Gasteiger partial charge < -0.3 is 9.64 Å². The number of halogens is 1. The molecular formula is C14H16ClN5O4S. The number of ether oxygens (including phenoxy) is 1. The van der Waals surface area contributed by atoms with E-state index in [1.165, 1.54) is 16.2 Å². The van der Waals surface area contributed by atoms with Crippen LogP contribution in [0.25, 0.3) is 0 Å². The van der Waals surface area contributed by atoms with E-state index in [1.54, 1.807) is 14.0 Å². The summed E-state index contributed by atoms with van der Waals surface area (Å²) < 4.78 is 5.03. The summed E-state index contributed by atoms with van der Waals surface area (Å²) in [5.41, 5.74) is -0.247. The molecule has 134 valence electrons. The molecule has 0 spiro atoms. The highest BCUT2D eigenvalue weighted by Crippen LogP contribution is 2.38. The Labute approximate surface area is 152 Å². The molecule has 0 aliphatic heterocycles. The lowest BCUT2D eigenvalue weighted by Gasteiger charge is -2.16. The van der Waals surface area contributed by atoms with Crippen molar-refractivity contribution < 1.29 is 14.5 Å². The van der Waals surface area contributed by atoms with Crippen molar-refractivity contribution in [3.63, 3.8) is 0 Å². The number of thiazole rings is 1. The zero-order valence-corrected chi connectivity index (χ0v) is 15.6. The van der Waals surface area contributed by atoms with Gasteiger partial charge in [0.15, 0.2) is 5.69 Å². The molecule has 2 rings (SSSR count). The molecule has 0 aliphatic rings. The summed E-state index contributed by atoms with van der Waals surface area (Å²) in [6, 6.07) is 0. The highest BCUT2D eigenvalue weighted by Gasteiger charge is 2.28. The highest BCUT2D eigenvalue weighted by atomic mass is 35.5. The Bertz CT molecular complexity index is 811. The van der Waals surface area contributed by atoms with Crippen molar-refractivity contribution >= 4 is 45.4 Å². The second-order valence-electron chi connectivity index (χ2n) is 5.25. The summed E-state index contributed by atoms with van der Waals surface area (Å²) in [6.45, 7) is 5.74. The van der Waals surface area contributed by atoms with Crippen molar-refractivity contribution in [3.8, 4) is 0 Å². The standard InChI is InChI=1S/C14H16ClN5O4S/c1-5-24-13(21)9-12(25-11(17-9)7(2)3)19(4)10-8(20(22)23)6-16-14(15)18-10/h6-7H,5H2,1-4H3. The van der Waals surface area contributed by atoms with Crippen molar-refractivity contribution in [3.05, 3.63) is 32.3 Å². The molecule has 0 amide bonds. The third-order valence-electron chi connectivity index (χ3n) is 3.13. The van der Waals surface area contributed by atoms with E-state index >= 15 is 0 Å². The van der Waals surface area contributed by atoms with Gasteiger partial charge >= 0.3 is 11.7 Å². The van der Waals surface area contributed by atoms with E-state index in [0.29, 0.717) is 10.0 Å². The lowest BCUT2D eigenvalue weighted by Crippen LogP contribution is -2.17. The maximum atomic E-state index is 12.2. The number of carbonyl (C=O) groups is 1. The Morgan fingerprint density at radius 1 is 1.48 bits per heavy atom. The van der Waals surface area contributed by atoms with Gasteiger partial charge in [0.2, 0.25) is 11.1 Å². The first kappa shape index (κ1) is 19.0. The predicted molar refractivity (Wildman–Crippen MR) is 93.9 cm³/mol. The third-order valence-corrected chi connectivity index (χ3v) is 4.74. The molecule has 2 aromatic rings. The number of nitro groups is 1. The number of rotatable bonds is 6. The average Bonchev–Trinajstić information content (AvgIpc) is 2.99. The Balaban J connectivity index is 2.59. The smallest absolute Gasteiger partial charge is 0.360 e. The van der Waals surface area contributed by atoms with Crippen molar-refractivity contribution in [2.24, 2.45) is 0 Å². The van der Waals surface area contributed by atoms with Crippen LogP contribution >= 0.6 is 22.9 Å². The number of esters is 1. The second-order valence-corrected chi connectivity index (χ2v) is 6.59. The molecule has 0 saturated carbocycles. The van der Waals surface area contributed by atoms with Crippen LogP contribution in [0.15, 0.2) is 6.20 Å². The molecule has 0 saturated heterocycles. The van der Waals surface area contributed by atoms with Crippen LogP contribution in [-0.2, 0) is 4.74 Å². The Kier molecular flexibility index (Phi) is 5.85. The fourth-order valence-corrected chi connectivity index (χ4v) is 3.10. The van der Waals surface area contributed by atoms with Gasteiger partial charge in [0, 0.05) is 13.0 Å². The molecule has 11 heteroatoms. The van der Waals surface area contributed by atoms with E-state index in [9.17, 15) is 14.9 Å². The van der Waals surface area contributed by atoms with E-state index in [4.69, 9.17) is 16.3 Å². The summed E-state index contributed by atoms with van der Waals surface area (Å²) >= 11 is 7.02. The fourth-order valence-electron chi connectivity index (χ4n) is 1.95. The molecule has 9 nitrogen and oxygen atoms in total. The topological polar surface area (TPSA) is 111 Å². The normalized spacial score (nSPS) is 10.8. The molecule has 25 heavy (non-hydrogen) atoms. The van der Waals surface area contributed by atoms with Crippen molar-refractivity contribution in [1.82, 2.24) is 15.0 Å². The molecule has 0 bridgehead atoms. The lowest BCUT2D eigenvalue weighted by atomic mass is 10.2. The molecule has 2 heterocycles. The van der Waals surface area contributed by atoms with Crippen LogP contribution in [0.5, 0.6) is 0 Å². The van der Waals surface area contributed by atoms with Gasteiger partial charge in [-0.3, -0.25) is 10.1 Å². The maximum absolute atomic E-state index is 12.2. The summed E-state index contributed by atoms with van der Waals surface area (Å²) in [5, 5.41) is 12.2. The van der Waals surface area contributed by atoms with Gasteiger partial charge in [0.05, 0.1) is 16.5 Å². The van der Waals surface area contributed by atoms with E-state index in [-0.39, 0.29) is 35.0 Å². The molecule has 2 aromatic heterocycles. The highest BCUT2D eigenvalue weighted by molar-refractivity contribution is 7.16. The lowest BCUT2D eigenvalue weighted by molar-refractivity contribution is -0.384. The number of anilines is 2. The van der Waals surface area contributed by atoms with Gasteiger partial charge in [-0.15, -0.1) is 0 Å². The largest absolute Gasteiger partial charge is 0.461 e. The van der Waals surface area contributed by atoms with Crippen LogP contribution in [0.1, 0.15) is 42.2 Å². The minimum atomic E-state index is -0.614. The number of aromatic nitrogens is 3. The van der Waals surface area contributed by atoms with Crippen molar-refractivity contribution in [2.45, 2.75) is 26.7 Å². The minimum absolute atomic E-state index is 0.0329. The van der Waals surface area contributed by atoms with Crippen LogP contribution in [0.4, 0.5) is 16.5 Å². The number of hydrogen-bond acceptors (Lipinski definition) is 9. The minimum Gasteiger partial charge on any atom is -0.461 e. The van der Waals surface area contributed by atoms with Crippen LogP contribution in [0, 0.1) is 10.1 Å². The average molecular weight is 386 g/mol. The van der Waals surface area contributed by atoms with E-state index < -0.39 is 10.9 Å². The SMILES string of the molecule is CCOC(=O)c1nc(C(C)C)sc1N(C)c1nc(Cl)ncc1[N+](=O)[O-]. The summed E-state index contributed by atoms with van der Waals surface area (Å²) in [7, 11) is 1.55. The third kappa shape index (κ3) is 4.02. The van der Waals surface area contributed by atoms with Gasteiger partial charge in [-0.2, -0.15) is 4.98 Å². The van der Waals surface area contributed by atoms with Gasteiger partial charge in [0.25, 0.3) is 0 Å². The molecule has 0 aromatic carbocycles. The van der Waals surface area contributed by atoms with Crippen LogP contribution in [0.2, 0.25) is 5.28 Å². The number of nitrogens with zero attached hydrogens (tertiary/aromatic N) is 5. The van der Waals surface area contributed by atoms with Gasteiger partial charge in [-0.25, -0.2) is 14.8 Å². The Morgan fingerprint density at radius 2 is 2.16 bits per heavy atom. The van der Waals surface area contributed by atoms with Crippen molar-refractivity contribution in [2.75, 3.05) is 18.6 Å². The summed E-state index contributed by atoms with van der Waals surface area (Å²) in [5.74, 6) is -0.561. The first-order chi connectivity index (χ1) is 11.8. The van der Waals surface area contributed by atoms with E-state index in [0.717, 1.165) is 6.20 Å². The number of carbonyl (C=O) groups excluding carboxylic acids is 1. The van der Waals surface area contributed by atoms with Gasteiger partial charge in [-0.1, -0.05) is 25.2 Å². The molecule has 0 unspecified atom stereocenters. The van der Waals surface area contributed by atoms with Crippen LogP contribution in [-0.4, -0.2) is 39.5 Å². The molecule has 0 fully saturated rings. The monoisotopic (exact) mass is 385 g/mol. The first-order valence-corrected chi connectivity index (χ1v) is 8.54. The quantitative estimate of drug-likeness (QED) is 0.321. The molecule has 0 N–H and O–H groups in total. The second kappa shape index (κ2) is 7.70. The van der Waals surface area contributed by atoms with Gasteiger partial charge in [-0.05, 0) is 18.5 Å². The Morgan fingerprint density at radius 3 is 2.72 bits per heavy atom. The first-order valence-electron chi connectivity index (χ1n) is 7.34. The molecule has 0 aliphatic carbocycles. The van der Waals surface area contributed by atoms with E-state index in [2.05, 4.69) is 15.0 Å². The van der Waals surface area contributed by atoms with Gasteiger partial charge in [0.1, 0.15) is 11.2 Å². The molecule has 0 radical (unpaired) electrons. The van der Waals surface area contributed by atoms with Crippen LogP contribution < -0.4 is 4.90 Å². The zero-order chi connectivity index (χ0) is 18.7. The maximum Gasteiger partial charge on any atom is 0.360 e. The Hall–Kier alpha value is -2.33. The van der Waals surface area contributed by atoms with Crippen molar-refractivity contribution in [1.29, 1.82) is 0 Å². The zero-order valence-electron chi connectivity index (χ0n) is 14.0.